The molecule has 0 saturated heterocycles. The number of nitrogens with two attached hydrogens (primary N) is 3. The van der Waals surface area contributed by atoms with Crippen molar-refractivity contribution in [3.8, 4) is 11.3 Å². The third-order valence-electron chi connectivity index (χ3n) is 4.06. The summed E-state index contributed by atoms with van der Waals surface area (Å²) in [6, 6.07) is 6.79. The summed E-state index contributed by atoms with van der Waals surface area (Å²) in [6.45, 7) is 4.04. The Kier molecular flexibility index (Phi) is 5.99. The normalized spacial score (nSPS) is 12.7. The first-order chi connectivity index (χ1) is 12.2. The SMILES string of the molecule is CC(=NC(CN)CN)c1ccc(-c2ccc(C(F)(F)F)cc2C)nc1N. The Hall–Kier alpha value is -2.45. The minimum Gasteiger partial charge on any atom is -0.383 e. The number of aryl methyl sites for hydroxylation is 1. The molecule has 6 N–H and O–H groups in total. The van der Waals surface area contributed by atoms with Gasteiger partial charge in [0, 0.05) is 29.9 Å². The molecule has 140 valence electrons. The fraction of sp³-hybridized carbons (Fsp3) is 0.333. The number of pyridine rings is 1. The Balaban J connectivity index is 2.38. The van der Waals surface area contributed by atoms with Crippen molar-refractivity contribution in [2.24, 2.45) is 16.5 Å². The molecule has 0 fully saturated rings. The zero-order chi connectivity index (χ0) is 19.5. The maximum Gasteiger partial charge on any atom is 0.416 e. The lowest BCUT2D eigenvalue weighted by atomic mass is 10.0. The van der Waals surface area contributed by atoms with Gasteiger partial charge in [-0.05, 0) is 43.7 Å². The van der Waals surface area contributed by atoms with E-state index in [4.69, 9.17) is 17.2 Å². The van der Waals surface area contributed by atoms with Gasteiger partial charge in [-0.1, -0.05) is 6.07 Å². The maximum absolute atomic E-state index is 12.8. The molecule has 0 atom stereocenters. The van der Waals surface area contributed by atoms with Crippen LogP contribution in [0.1, 0.15) is 23.6 Å². The molecule has 0 aliphatic heterocycles. The van der Waals surface area contributed by atoms with E-state index in [-0.39, 0.29) is 11.9 Å². The Morgan fingerprint density at radius 3 is 2.31 bits per heavy atom. The van der Waals surface area contributed by atoms with E-state index >= 15 is 0 Å². The van der Waals surface area contributed by atoms with Gasteiger partial charge in [-0.3, -0.25) is 4.99 Å². The molecule has 0 spiro atoms. The van der Waals surface area contributed by atoms with Gasteiger partial charge in [0.25, 0.3) is 0 Å². The van der Waals surface area contributed by atoms with Gasteiger partial charge in [-0.25, -0.2) is 4.98 Å². The molecule has 0 unspecified atom stereocenters. The fourth-order valence-corrected chi connectivity index (χ4v) is 2.60. The predicted molar refractivity (Wildman–Crippen MR) is 97.9 cm³/mol. The number of nitrogen functional groups attached to an aromatic ring is 1. The van der Waals surface area contributed by atoms with Gasteiger partial charge in [0.05, 0.1) is 17.3 Å². The van der Waals surface area contributed by atoms with Crippen molar-refractivity contribution in [2.45, 2.75) is 26.1 Å². The number of aromatic nitrogens is 1. The second-order valence-electron chi connectivity index (χ2n) is 6.00. The summed E-state index contributed by atoms with van der Waals surface area (Å²) in [5.41, 5.74) is 19.4. The number of alkyl halides is 3. The quantitative estimate of drug-likeness (QED) is 0.709. The highest BCUT2D eigenvalue weighted by atomic mass is 19.4. The van der Waals surface area contributed by atoms with Gasteiger partial charge in [0.1, 0.15) is 5.82 Å². The molecule has 0 aliphatic carbocycles. The van der Waals surface area contributed by atoms with Crippen LogP contribution in [0, 0.1) is 6.92 Å². The van der Waals surface area contributed by atoms with Crippen LogP contribution in [0.3, 0.4) is 0 Å². The van der Waals surface area contributed by atoms with Crippen molar-refractivity contribution in [3.63, 3.8) is 0 Å². The van der Waals surface area contributed by atoms with Crippen LogP contribution in [0.5, 0.6) is 0 Å². The van der Waals surface area contributed by atoms with Crippen molar-refractivity contribution < 1.29 is 13.2 Å². The van der Waals surface area contributed by atoms with Gasteiger partial charge >= 0.3 is 6.18 Å². The molecule has 0 amide bonds. The fourth-order valence-electron chi connectivity index (χ4n) is 2.60. The summed E-state index contributed by atoms with van der Waals surface area (Å²) in [7, 11) is 0. The average Bonchev–Trinajstić information content (AvgIpc) is 2.58. The second kappa shape index (κ2) is 7.84. The van der Waals surface area contributed by atoms with E-state index in [1.807, 2.05) is 0 Å². The third-order valence-corrected chi connectivity index (χ3v) is 4.06. The monoisotopic (exact) mass is 365 g/mol. The molecule has 26 heavy (non-hydrogen) atoms. The molecular weight excluding hydrogens is 343 g/mol. The molecule has 1 heterocycles. The van der Waals surface area contributed by atoms with Crippen molar-refractivity contribution >= 4 is 11.5 Å². The van der Waals surface area contributed by atoms with E-state index in [1.165, 1.54) is 6.07 Å². The van der Waals surface area contributed by atoms with Gasteiger partial charge < -0.3 is 17.2 Å². The van der Waals surface area contributed by atoms with Crippen molar-refractivity contribution in [1.82, 2.24) is 4.98 Å². The van der Waals surface area contributed by atoms with Crippen LogP contribution in [0.4, 0.5) is 19.0 Å². The second-order valence-corrected chi connectivity index (χ2v) is 6.00. The van der Waals surface area contributed by atoms with E-state index < -0.39 is 11.7 Å². The molecule has 1 aromatic heterocycles. The zero-order valence-corrected chi connectivity index (χ0v) is 14.6. The minimum atomic E-state index is -4.38. The Morgan fingerprint density at radius 2 is 1.81 bits per heavy atom. The first kappa shape index (κ1) is 19.9. The van der Waals surface area contributed by atoms with Crippen LogP contribution in [-0.2, 0) is 6.18 Å². The van der Waals surface area contributed by atoms with Crippen molar-refractivity contribution in [2.75, 3.05) is 18.8 Å². The van der Waals surface area contributed by atoms with Crippen LogP contribution < -0.4 is 17.2 Å². The van der Waals surface area contributed by atoms with E-state index in [0.29, 0.717) is 41.2 Å². The Morgan fingerprint density at radius 1 is 1.15 bits per heavy atom. The standard InChI is InChI=1S/C18H22F3N5/c1-10-7-12(18(19,20)21)3-4-14(10)16-6-5-15(17(24)26-16)11(2)25-13(8-22)9-23/h3-7,13H,8-9,22-23H2,1-2H3,(H2,24,26). The number of hydrogen-bond donors (Lipinski definition) is 3. The first-order valence-corrected chi connectivity index (χ1v) is 8.07. The number of anilines is 1. The third kappa shape index (κ3) is 4.39. The van der Waals surface area contributed by atoms with Crippen LogP contribution in [-0.4, -0.2) is 29.8 Å². The highest BCUT2D eigenvalue weighted by Gasteiger charge is 2.30. The minimum absolute atomic E-state index is 0.203. The van der Waals surface area contributed by atoms with Crippen LogP contribution in [0.15, 0.2) is 35.3 Å². The molecule has 2 rings (SSSR count). The Bertz CT molecular complexity index is 811. The maximum atomic E-state index is 12.8. The Labute approximate surface area is 150 Å². The van der Waals surface area contributed by atoms with E-state index in [1.54, 1.807) is 26.0 Å². The smallest absolute Gasteiger partial charge is 0.383 e. The van der Waals surface area contributed by atoms with Crippen LogP contribution in [0.2, 0.25) is 0 Å². The largest absolute Gasteiger partial charge is 0.416 e. The number of aliphatic imine (C=N–C) groups is 1. The van der Waals surface area contributed by atoms with Gasteiger partial charge in [0.15, 0.2) is 0 Å². The van der Waals surface area contributed by atoms with Gasteiger partial charge in [-0.2, -0.15) is 13.2 Å². The number of halogens is 3. The number of benzene rings is 1. The van der Waals surface area contributed by atoms with E-state index in [2.05, 4.69) is 9.98 Å². The highest BCUT2D eigenvalue weighted by Crippen LogP contribution is 2.33. The first-order valence-electron chi connectivity index (χ1n) is 8.07. The van der Waals surface area contributed by atoms with Crippen molar-refractivity contribution in [1.29, 1.82) is 0 Å². The van der Waals surface area contributed by atoms with Crippen molar-refractivity contribution in [3.05, 3.63) is 47.0 Å². The van der Waals surface area contributed by atoms with E-state index in [9.17, 15) is 13.2 Å². The summed E-state index contributed by atoms with van der Waals surface area (Å²) in [5, 5.41) is 0. The number of rotatable bonds is 5. The number of hydrogen-bond acceptors (Lipinski definition) is 5. The molecule has 1 aromatic carbocycles. The number of nitrogens with zero attached hydrogens (tertiary/aromatic N) is 2. The average molecular weight is 365 g/mol. The lowest BCUT2D eigenvalue weighted by molar-refractivity contribution is -0.137. The lowest BCUT2D eigenvalue weighted by Gasteiger charge is -2.13. The zero-order valence-electron chi connectivity index (χ0n) is 14.6. The van der Waals surface area contributed by atoms with Gasteiger partial charge in [-0.15, -0.1) is 0 Å². The highest BCUT2D eigenvalue weighted by molar-refractivity contribution is 6.02. The summed E-state index contributed by atoms with van der Waals surface area (Å²) < 4.78 is 38.4. The molecule has 0 saturated carbocycles. The lowest BCUT2D eigenvalue weighted by Crippen LogP contribution is -2.28. The van der Waals surface area contributed by atoms with Crippen LogP contribution >= 0.6 is 0 Å². The summed E-state index contributed by atoms with van der Waals surface area (Å²) in [4.78, 5) is 8.75. The molecule has 8 heteroatoms. The predicted octanol–water partition coefficient (Wildman–Crippen LogP) is 2.75. The molecule has 2 aromatic rings. The summed E-state index contributed by atoms with van der Waals surface area (Å²) in [6.07, 6.45) is -4.38. The summed E-state index contributed by atoms with van der Waals surface area (Å²) >= 11 is 0. The van der Waals surface area contributed by atoms with E-state index in [0.717, 1.165) is 12.1 Å². The van der Waals surface area contributed by atoms with Gasteiger partial charge in [0.2, 0.25) is 0 Å². The molecule has 0 aliphatic rings. The van der Waals surface area contributed by atoms with Crippen LogP contribution in [0.25, 0.3) is 11.3 Å². The topological polar surface area (TPSA) is 103 Å². The molecule has 0 radical (unpaired) electrons. The molecule has 5 nitrogen and oxygen atoms in total. The molecule has 0 bridgehead atoms. The molecular formula is C18H22F3N5. The summed E-state index contributed by atoms with van der Waals surface area (Å²) in [5.74, 6) is 0.246.